The van der Waals surface area contributed by atoms with Crippen LogP contribution in [0.15, 0.2) is 42.9 Å². The van der Waals surface area contributed by atoms with Crippen molar-refractivity contribution >= 4 is 11.9 Å². The molecule has 6 heteroatoms. The lowest BCUT2D eigenvalue weighted by molar-refractivity contribution is -0.121. The van der Waals surface area contributed by atoms with E-state index in [-0.39, 0.29) is 11.9 Å². The van der Waals surface area contributed by atoms with Crippen molar-refractivity contribution in [2.45, 2.75) is 25.9 Å². The Kier molecular flexibility index (Phi) is 3.91. The van der Waals surface area contributed by atoms with Crippen LogP contribution in [-0.4, -0.2) is 32.9 Å². The summed E-state index contributed by atoms with van der Waals surface area (Å²) in [4.78, 5) is 29.7. The van der Waals surface area contributed by atoms with E-state index in [0.29, 0.717) is 6.54 Å². The van der Waals surface area contributed by atoms with E-state index < -0.39 is 6.04 Å². The molecule has 1 unspecified atom stereocenters. The Morgan fingerprint density at radius 2 is 1.95 bits per heavy atom. The van der Waals surface area contributed by atoms with Gasteiger partial charge in [-0.15, -0.1) is 0 Å². The number of hydrogen-bond donors (Lipinski definition) is 1. The summed E-state index contributed by atoms with van der Waals surface area (Å²) in [6, 6.07) is 8.53. The van der Waals surface area contributed by atoms with E-state index in [1.165, 1.54) is 0 Å². The number of imide groups is 1. The predicted molar refractivity (Wildman–Crippen MR) is 81.0 cm³/mol. The maximum atomic E-state index is 12.1. The number of aryl methyl sites for hydroxylation is 2. The van der Waals surface area contributed by atoms with Crippen molar-refractivity contribution < 1.29 is 9.59 Å². The third-order valence-electron chi connectivity index (χ3n) is 3.88. The van der Waals surface area contributed by atoms with Crippen LogP contribution in [0.5, 0.6) is 0 Å². The summed E-state index contributed by atoms with van der Waals surface area (Å²) < 4.78 is 2.04. The lowest BCUT2D eigenvalue weighted by atomic mass is 10.1. The molecule has 22 heavy (non-hydrogen) atoms. The van der Waals surface area contributed by atoms with Crippen LogP contribution in [0.3, 0.4) is 0 Å². The molecule has 2 aromatic rings. The number of imidazole rings is 1. The van der Waals surface area contributed by atoms with Gasteiger partial charge >= 0.3 is 6.03 Å². The van der Waals surface area contributed by atoms with E-state index in [1.54, 1.807) is 17.4 Å². The van der Waals surface area contributed by atoms with Crippen molar-refractivity contribution in [3.63, 3.8) is 0 Å². The number of carbonyl (C=O) groups is 2. The van der Waals surface area contributed by atoms with Gasteiger partial charge in [0.2, 0.25) is 0 Å². The molecule has 1 aromatic heterocycles. The minimum Gasteiger partial charge on any atom is -0.335 e. The monoisotopic (exact) mass is 298 g/mol. The van der Waals surface area contributed by atoms with Gasteiger partial charge in [-0.2, -0.15) is 0 Å². The van der Waals surface area contributed by atoms with Gasteiger partial charge in [-0.05, 0) is 18.9 Å². The normalized spacial score (nSPS) is 17.9. The van der Waals surface area contributed by atoms with Crippen molar-refractivity contribution in [2.75, 3.05) is 6.54 Å². The number of carbonyl (C=O) groups excluding carboxylic acids is 2. The molecule has 0 bridgehead atoms. The Balaban J connectivity index is 1.69. The zero-order valence-corrected chi connectivity index (χ0v) is 12.4. The van der Waals surface area contributed by atoms with Crippen molar-refractivity contribution in [3.8, 4) is 0 Å². The van der Waals surface area contributed by atoms with Crippen molar-refractivity contribution in [2.24, 2.45) is 0 Å². The topological polar surface area (TPSA) is 67.2 Å². The van der Waals surface area contributed by atoms with Gasteiger partial charge in [-0.25, -0.2) is 9.78 Å². The Morgan fingerprint density at radius 1 is 1.18 bits per heavy atom. The summed E-state index contributed by atoms with van der Waals surface area (Å²) in [5.41, 5.74) is 1.92. The molecule has 0 spiro atoms. The zero-order valence-electron chi connectivity index (χ0n) is 12.4. The lowest BCUT2D eigenvalue weighted by Gasteiger charge is -2.22. The van der Waals surface area contributed by atoms with Crippen molar-refractivity contribution in [1.29, 1.82) is 0 Å². The third-order valence-corrected chi connectivity index (χ3v) is 3.88. The average molecular weight is 298 g/mol. The molecule has 1 saturated heterocycles. The fraction of sp³-hybridized carbons (Fsp3) is 0.312. The van der Waals surface area contributed by atoms with Crippen LogP contribution in [0.25, 0.3) is 0 Å². The summed E-state index contributed by atoms with van der Waals surface area (Å²) in [7, 11) is 0. The zero-order chi connectivity index (χ0) is 15.5. The molecule has 1 atom stereocenters. The van der Waals surface area contributed by atoms with Gasteiger partial charge in [-0.1, -0.05) is 30.3 Å². The SMILES string of the molecule is Cc1cncn1CCCN1C(=O)NC(=O)C1c1ccccc1. The second kappa shape index (κ2) is 6.01. The molecule has 2 heterocycles. The standard InChI is InChI=1S/C16H18N4O2/c1-12-10-17-11-19(12)8-5-9-20-14(15(21)18-16(20)22)13-6-3-2-4-7-13/h2-4,6-7,10-11,14H,5,8-9H2,1H3,(H,18,21,22). The third kappa shape index (κ3) is 2.72. The molecule has 1 aromatic carbocycles. The highest BCUT2D eigenvalue weighted by atomic mass is 16.2. The molecule has 1 aliphatic heterocycles. The van der Waals surface area contributed by atoms with E-state index in [1.807, 2.05) is 41.8 Å². The second-order valence-corrected chi connectivity index (χ2v) is 5.38. The van der Waals surface area contributed by atoms with Crippen molar-refractivity contribution in [3.05, 3.63) is 54.1 Å². The number of urea groups is 1. The van der Waals surface area contributed by atoms with Gasteiger partial charge in [-0.3, -0.25) is 10.1 Å². The molecule has 0 aliphatic carbocycles. The van der Waals surface area contributed by atoms with Gasteiger partial charge < -0.3 is 9.47 Å². The van der Waals surface area contributed by atoms with Crippen LogP contribution in [0.1, 0.15) is 23.7 Å². The van der Waals surface area contributed by atoms with E-state index in [9.17, 15) is 9.59 Å². The first-order valence-corrected chi connectivity index (χ1v) is 7.30. The molecule has 1 N–H and O–H groups in total. The highest BCUT2D eigenvalue weighted by Gasteiger charge is 2.38. The number of hydrogen-bond acceptors (Lipinski definition) is 3. The molecule has 1 aliphatic rings. The molecule has 3 rings (SSSR count). The first kappa shape index (κ1) is 14.3. The molecule has 114 valence electrons. The molecular formula is C16H18N4O2. The largest absolute Gasteiger partial charge is 0.335 e. The van der Waals surface area contributed by atoms with Crippen LogP contribution < -0.4 is 5.32 Å². The summed E-state index contributed by atoms with van der Waals surface area (Å²) >= 11 is 0. The van der Waals surface area contributed by atoms with E-state index >= 15 is 0 Å². The minimum atomic E-state index is -0.530. The molecule has 1 fully saturated rings. The Morgan fingerprint density at radius 3 is 2.64 bits per heavy atom. The van der Waals surface area contributed by atoms with E-state index in [2.05, 4.69) is 10.3 Å². The molecule has 0 radical (unpaired) electrons. The first-order chi connectivity index (χ1) is 10.7. The van der Waals surface area contributed by atoms with Crippen LogP contribution in [-0.2, 0) is 11.3 Å². The van der Waals surface area contributed by atoms with Crippen LogP contribution in [0.4, 0.5) is 4.79 Å². The van der Waals surface area contributed by atoms with Crippen LogP contribution in [0.2, 0.25) is 0 Å². The van der Waals surface area contributed by atoms with Crippen molar-refractivity contribution in [1.82, 2.24) is 19.8 Å². The second-order valence-electron chi connectivity index (χ2n) is 5.38. The number of amides is 3. The number of aromatic nitrogens is 2. The fourth-order valence-corrected chi connectivity index (χ4v) is 2.73. The molecule has 3 amide bonds. The minimum absolute atomic E-state index is 0.255. The number of nitrogens with zero attached hydrogens (tertiary/aromatic N) is 3. The first-order valence-electron chi connectivity index (χ1n) is 7.30. The van der Waals surface area contributed by atoms with Gasteiger partial charge in [0, 0.05) is 25.0 Å². The summed E-state index contributed by atoms with van der Waals surface area (Å²) in [6.45, 7) is 3.28. The van der Waals surface area contributed by atoms with Gasteiger partial charge in [0.25, 0.3) is 5.91 Å². The average Bonchev–Trinajstić information content (AvgIpc) is 3.04. The molecule has 0 saturated carbocycles. The maximum absolute atomic E-state index is 12.1. The molecular weight excluding hydrogens is 280 g/mol. The Labute approximate surface area is 128 Å². The summed E-state index contributed by atoms with van der Waals surface area (Å²) in [5, 5.41) is 2.40. The predicted octanol–water partition coefficient (Wildman–Crippen LogP) is 1.87. The van der Waals surface area contributed by atoms with Crippen LogP contribution in [0, 0.1) is 6.92 Å². The van der Waals surface area contributed by atoms with E-state index in [4.69, 9.17) is 0 Å². The summed E-state index contributed by atoms with van der Waals surface area (Å²) in [6.07, 6.45) is 4.35. The Hall–Kier alpha value is -2.63. The van der Waals surface area contributed by atoms with Gasteiger partial charge in [0.1, 0.15) is 6.04 Å². The van der Waals surface area contributed by atoms with Crippen LogP contribution >= 0.6 is 0 Å². The highest BCUT2D eigenvalue weighted by molar-refractivity contribution is 6.04. The number of rotatable bonds is 5. The van der Waals surface area contributed by atoms with Gasteiger partial charge in [0.05, 0.1) is 6.33 Å². The maximum Gasteiger partial charge on any atom is 0.325 e. The summed E-state index contributed by atoms with van der Waals surface area (Å²) in [5.74, 6) is -0.255. The lowest BCUT2D eigenvalue weighted by Crippen LogP contribution is -2.31. The molecule has 6 nitrogen and oxygen atoms in total. The number of nitrogens with one attached hydrogen (secondary N) is 1. The fourth-order valence-electron chi connectivity index (χ4n) is 2.73. The smallest absolute Gasteiger partial charge is 0.325 e. The Bertz CT molecular complexity index is 680. The van der Waals surface area contributed by atoms with Gasteiger partial charge in [0.15, 0.2) is 0 Å². The quantitative estimate of drug-likeness (QED) is 0.857. The van der Waals surface area contributed by atoms with E-state index in [0.717, 1.165) is 24.2 Å². The highest BCUT2D eigenvalue weighted by Crippen LogP contribution is 2.25. The number of benzene rings is 1.